The fourth-order valence-corrected chi connectivity index (χ4v) is 3.10. The summed E-state index contributed by atoms with van der Waals surface area (Å²) in [7, 11) is 1.61. The summed E-state index contributed by atoms with van der Waals surface area (Å²) in [6.45, 7) is 0.877. The molecule has 0 spiro atoms. The Bertz CT molecular complexity index is 698. The number of nitrogens with one attached hydrogen (secondary N) is 1. The zero-order chi connectivity index (χ0) is 16.2. The van der Waals surface area contributed by atoms with Crippen molar-refractivity contribution in [1.82, 2.24) is 0 Å². The number of ether oxygens (including phenoxy) is 1. The normalized spacial score (nSPS) is 14.5. The minimum Gasteiger partial charge on any atom is -0.497 e. The van der Waals surface area contributed by atoms with Gasteiger partial charge < -0.3 is 10.1 Å². The van der Waals surface area contributed by atoms with E-state index >= 15 is 0 Å². The molecule has 0 fully saturated rings. The summed E-state index contributed by atoms with van der Waals surface area (Å²) in [5.74, 6) is 0.506. The average Bonchev–Trinajstić information content (AvgIpc) is 2.59. The van der Waals surface area contributed by atoms with Crippen molar-refractivity contribution in [3.63, 3.8) is 0 Å². The van der Waals surface area contributed by atoms with Crippen molar-refractivity contribution < 1.29 is 9.66 Å². The van der Waals surface area contributed by atoms with E-state index in [2.05, 4.69) is 11.4 Å². The molecule has 1 aliphatic rings. The Hall–Kier alpha value is -2.56. The van der Waals surface area contributed by atoms with Crippen molar-refractivity contribution in [1.29, 1.82) is 0 Å². The van der Waals surface area contributed by atoms with Crippen LogP contribution in [0.5, 0.6) is 5.75 Å². The predicted molar refractivity (Wildman–Crippen MR) is 90.0 cm³/mol. The van der Waals surface area contributed by atoms with Crippen molar-refractivity contribution in [3.05, 3.63) is 69.3 Å². The number of nitro groups is 1. The molecule has 0 saturated carbocycles. The van der Waals surface area contributed by atoms with Crippen molar-refractivity contribution >= 4 is 5.69 Å². The van der Waals surface area contributed by atoms with Crippen molar-refractivity contribution in [2.24, 2.45) is 0 Å². The number of benzene rings is 2. The summed E-state index contributed by atoms with van der Waals surface area (Å²) >= 11 is 0. The van der Waals surface area contributed by atoms with E-state index in [0.29, 0.717) is 0 Å². The molecule has 0 unspecified atom stereocenters. The minimum atomic E-state index is -0.247. The first kappa shape index (κ1) is 15.3. The molecule has 2 aromatic rings. The smallest absolute Gasteiger partial charge is 0.214 e. The van der Waals surface area contributed by atoms with Gasteiger partial charge in [0, 0.05) is 17.2 Å². The lowest BCUT2D eigenvalue weighted by atomic mass is 9.88. The van der Waals surface area contributed by atoms with Gasteiger partial charge in [-0.2, -0.15) is 0 Å². The number of anilines is 1. The van der Waals surface area contributed by atoms with E-state index in [-0.39, 0.29) is 17.4 Å². The van der Waals surface area contributed by atoms with Gasteiger partial charge in [-0.25, -0.2) is 0 Å². The van der Waals surface area contributed by atoms with Crippen LogP contribution in [0, 0.1) is 10.1 Å². The van der Waals surface area contributed by atoms with Crippen molar-refractivity contribution in [2.75, 3.05) is 25.5 Å². The molecule has 1 atom stereocenters. The van der Waals surface area contributed by atoms with E-state index in [9.17, 15) is 10.1 Å². The molecule has 0 amide bonds. The van der Waals surface area contributed by atoms with Crippen LogP contribution in [0.1, 0.15) is 29.0 Å². The van der Waals surface area contributed by atoms with E-state index in [0.717, 1.165) is 42.0 Å². The number of fused-ring (bicyclic) bond motifs is 1. The SMILES string of the molecule is COc1ccc([C@H](C[N+](=O)[O-])c2ccc3c(c2)CCCN3)cc1. The highest BCUT2D eigenvalue weighted by atomic mass is 16.6. The molecule has 0 bridgehead atoms. The highest BCUT2D eigenvalue weighted by molar-refractivity contribution is 5.55. The largest absolute Gasteiger partial charge is 0.497 e. The molecule has 0 aromatic heterocycles. The third kappa shape index (κ3) is 3.44. The number of methoxy groups -OCH3 is 1. The Morgan fingerprint density at radius 1 is 1.22 bits per heavy atom. The molecule has 23 heavy (non-hydrogen) atoms. The summed E-state index contributed by atoms with van der Waals surface area (Å²) in [4.78, 5) is 10.9. The van der Waals surface area contributed by atoms with Gasteiger partial charge in [-0.3, -0.25) is 10.1 Å². The van der Waals surface area contributed by atoms with Gasteiger partial charge in [0.05, 0.1) is 13.0 Å². The maximum Gasteiger partial charge on any atom is 0.214 e. The van der Waals surface area contributed by atoms with Crippen molar-refractivity contribution in [3.8, 4) is 5.75 Å². The Balaban J connectivity index is 1.96. The maximum absolute atomic E-state index is 11.1. The fraction of sp³-hybridized carbons (Fsp3) is 0.333. The third-order valence-electron chi connectivity index (χ3n) is 4.32. The molecule has 2 aromatic carbocycles. The Morgan fingerprint density at radius 3 is 2.65 bits per heavy atom. The molecule has 5 nitrogen and oxygen atoms in total. The predicted octanol–water partition coefficient (Wildman–Crippen LogP) is 3.46. The number of nitrogens with zero attached hydrogens (tertiary/aromatic N) is 1. The van der Waals surface area contributed by atoms with E-state index < -0.39 is 0 Å². The lowest BCUT2D eigenvalue weighted by Crippen LogP contribution is -2.16. The summed E-state index contributed by atoms with van der Waals surface area (Å²) in [6, 6.07) is 13.7. The Kier molecular flexibility index (Phi) is 4.46. The van der Waals surface area contributed by atoms with Gasteiger partial charge in [0.25, 0.3) is 0 Å². The zero-order valence-corrected chi connectivity index (χ0v) is 13.1. The second-order valence-corrected chi connectivity index (χ2v) is 5.79. The number of rotatable bonds is 5. The summed E-state index contributed by atoms with van der Waals surface area (Å²) in [5.41, 5.74) is 4.32. The molecular formula is C18H20N2O3. The van der Waals surface area contributed by atoms with Gasteiger partial charge in [0.1, 0.15) is 5.75 Å². The summed E-state index contributed by atoms with van der Waals surface area (Å²) in [6.07, 6.45) is 2.11. The van der Waals surface area contributed by atoms with Crippen LogP contribution in [-0.4, -0.2) is 25.1 Å². The first-order valence-electron chi connectivity index (χ1n) is 7.80. The van der Waals surface area contributed by atoms with E-state index in [4.69, 9.17) is 4.74 Å². The third-order valence-corrected chi connectivity index (χ3v) is 4.32. The van der Waals surface area contributed by atoms with Crippen LogP contribution in [-0.2, 0) is 6.42 Å². The average molecular weight is 312 g/mol. The quantitative estimate of drug-likeness (QED) is 0.678. The number of hydrogen-bond acceptors (Lipinski definition) is 4. The zero-order valence-electron chi connectivity index (χ0n) is 13.1. The highest BCUT2D eigenvalue weighted by Crippen LogP contribution is 2.31. The van der Waals surface area contributed by atoms with Crippen LogP contribution in [0.25, 0.3) is 0 Å². The maximum atomic E-state index is 11.1. The monoisotopic (exact) mass is 312 g/mol. The molecule has 1 aliphatic heterocycles. The first-order chi connectivity index (χ1) is 11.2. The molecule has 5 heteroatoms. The minimum absolute atomic E-state index is 0.113. The van der Waals surface area contributed by atoms with Crippen LogP contribution in [0.15, 0.2) is 42.5 Å². The molecule has 0 saturated heterocycles. The number of aryl methyl sites for hydroxylation is 1. The molecular weight excluding hydrogens is 292 g/mol. The van der Waals surface area contributed by atoms with Gasteiger partial charge in [-0.1, -0.05) is 24.3 Å². The lowest BCUT2D eigenvalue weighted by molar-refractivity contribution is -0.481. The lowest BCUT2D eigenvalue weighted by Gasteiger charge is -2.21. The number of hydrogen-bond donors (Lipinski definition) is 1. The van der Waals surface area contributed by atoms with Gasteiger partial charge in [-0.15, -0.1) is 0 Å². The first-order valence-corrected chi connectivity index (χ1v) is 7.80. The Labute approximate surface area is 135 Å². The molecule has 1 heterocycles. The van der Waals surface area contributed by atoms with Crippen LogP contribution in [0.3, 0.4) is 0 Å². The van der Waals surface area contributed by atoms with E-state index in [1.165, 1.54) is 5.56 Å². The van der Waals surface area contributed by atoms with Crippen LogP contribution >= 0.6 is 0 Å². The summed E-state index contributed by atoms with van der Waals surface area (Å²) < 4.78 is 5.17. The molecule has 3 rings (SSSR count). The van der Waals surface area contributed by atoms with Crippen LogP contribution in [0.2, 0.25) is 0 Å². The van der Waals surface area contributed by atoms with Crippen LogP contribution in [0.4, 0.5) is 5.69 Å². The van der Waals surface area contributed by atoms with Crippen LogP contribution < -0.4 is 10.1 Å². The second-order valence-electron chi connectivity index (χ2n) is 5.79. The van der Waals surface area contributed by atoms with E-state index in [1.54, 1.807) is 7.11 Å². The second kappa shape index (κ2) is 6.69. The van der Waals surface area contributed by atoms with Crippen molar-refractivity contribution in [2.45, 2.75) is 18.8 Å². The van der Waals surface area contributed by atoms with Gasteiger partial charge in [0.15, 0.2) is 0 Å². The molecule has 120 valence electrons. The fourth-order valence-electron chi connectivity index (χ4n) is 3.10. The van der Waals surface area contributed by atoms with Gasteiger partial charge in [-0.05, 0) is 47.7 Å². The van der Waals surface area contributed by atoms with Gasteiger partial charge in [0.2, 0.25) is 6.54 Å². The Morgan fingerprint density at radius 2 is 1.96 bits per heavy atom. The van der Waals surface area contributed by atoms with Gasteiger partial charge >= 0.3 is 0 Å². The highest BCUT2D eigenvalue weighted by Gasteiger charge is 2.22. The van der Waals surface area contributed by atoms with E-state index in [1.807, 2.05) is 36.4 Å². The topological polar surface area (TPSA) is 64.4 Å². The molecule has 0 aliphatic carbocycles. The summed E-state index contributed by atoms with van der Waals surface area (Å²) in [5, 5.41) is 14.5. The molecule has 0 radical (unpaired) electrons. The standard InChI is InChI=1S/C18H20N2O3/c1-23-16-7-4-13(5-8-16)17(12-20(21)22)14-6-9-18-15(11-14)3-2-10-19-18/h4-9,11,17,19H,2-3,10,12H2,1H3/t17-/m0/s1. The molecule has 1 N–H and O–H groups in total.